The molecule has 1 aliphatic rings. The largest absolute Gasteiger partial charge is 0.416 e. The quantitative estimate of drug-likeness (QED) is 0.915. The normalized spacial score (nSPS) is 22.0. The van der Waals surface area contributed by atoms with Gasteiger partial charge in [-0.3, -0.25) is 4.90 Å². The molecule has 0 spiro atoms. The molecule has 112 valence electrons. The van der Waals surface area contributed by atoms with Crippen LogP contribution in [0.4, 0.5) is 13.2 Å². The zero-order chi connectivity index (χ0) is 14.8. The lowest BCUT2D eigenvalue weighted by Gasteiger charge is -2.36. The molecular formula is C15H21F3N2. The second-order valence-corrected chi connectivity index (χ2v) is 5.43. The van der Waals surface area contributed by atoms with Crippen LogP contribution in [0.15, 0.2) is 24.3 Å². The molecule has 2 rings (SSSR count). The fraction of sp³-hybridized carbons (Fsp3) is 0.600. The number of nitrogens with zero attached hydrogens (tertiary/aromatic N) is 1. The summed E-state index contributed by atoms with van der Waals surface area (Å²) in [7, 11) is 1.91. The van der Waals surface area contributed by atoms with Crippen LogP contribution in [0.3, 0.4) is 0 Å². The van der Waals surface area contributed by atoms with Crippen molar-refractivity contribution in [1.29, 1.82) is 0 Å². The summed E-state index contributed by atoms with van der Waals surface area (Å²) in [5.74, 6) is 0. The molecular weight excluding hydrogens is 265 g/mol. The van der Waals surface area contributed by atoms with Crippen molar-refractivity contribution in [2.75, 3.05) is 20.1 Å². The summed E-state index contributed by atoms with van der Waals surface area (Å²) in [5.41, 5.74) is -0.170. The Kier molecular flexibility index (Phi) is 4.70. The summed E-state index contributed by atoms with van der Waals surface area (Å²) in [4.78, 5) is 2.05. The van der Waals surface area contributed by atoms with Crippen molar-refractivity contribution < 1.29 is 13.2 Å². The highest BCUT2D eigenvalue weighted by molar-refractivity contribution is 5.32. The second-order valence-electron chi connectivity index (χ2n) is 5.43. The lowest BCUT2D eigenvalue weighted by atomic mass is 9.97. The Hall–Kier alpha value is -1.07. The molecule has 1 aromatic carbocycles. The maximum absolute atomic E-state index is 13.1. The van der Waals surface area contributed by atoms with E-state index in [4.69, 9.17) is 0 Å². The zero-order valence-electron chi connectivity index (χ0n) is 11.9. The first-order chi connectivity index (χ1) is 9.41. The summed E-state index contributed by atoms with van der Waals surface area (Å²) >= 11 is 0. The molecule has 0 radical (unpaired) electrons. The number of hydrogen-bond donors (Lipinski definition) is 1. The molecule has 2 atom stereocenters. The van der Waals surface area contributed by atoms with Crippen molar-refractivity contribution in [2.24, 2.45) is 0 Å². The first-order valence-corrected chi connectivity index (χ1v) is 7.00. The molecule has 1 fully saturated rings. The van der Waals surface area contributed by atoms with Crippen LogP contribution >= 0.6 is 0 Å². The molecule has 0 aliphatic carbocycles. The molecule has 2 nitrogen and oxygen atoms in total. The molecule has 1 saturated heterocycles. The smallest absolute Gasteiger partial charge is 0.315 e. The SMILES string of the molecule is CC(c1ccccc1C(F)(F)F)N(C)C1CCCNC1. The van der Waals surface area contributed by atoms with E-state index in [9.17, 15) is 13.2 Å². The molecule has 1 aliphatic heterocycles. The van der Waals surface area contributed by atoms with E-state index in [-0.39, 0.29) is 6.04 Å². The average Bonchev–Trinajstić information content (AvgIpc) is 2.46. The minimum atomic E-state index is -4.30. The van der Waals surface area contributed by atoms with E-state index in [1.54, 1.807) is 12.1 Å². The Morgan fingerprint density at radius 3 is 2.60 bits per heavy atom. The van der Waals surface area contributed by atoms with Crippen molar-refractivity contribution in [3.63, 3.8) is 0 Å². The van der Waals surface area contributed by atoms with Crippen LogP contribution in [0.2, 0.25) is 0 Å². The van der Waals surface area contributed by atoms with Gasteiger partial charge in [-0.25, -0.2) is 0 Å². The van der Waals surface area contributed by atoms with E-state index in [0.29, 0.717) is 11.6 Å². The average molecular weight is 286 g/mol. The predicted molar refractivity (Wildman–Crippen MR) is 73.5 cm³/mol. The molecule has 1 aromatic rings. The monoisotopic (exact) mass is 286 g/mol. The molecule has 20 heavy (non-hydrogen) atoms. The van der Waals surface area contributed by atoms with Crippen molar-refractivity contribution in [3.8, 4) is 0 Å². The Bertz CT molecular complexity index is 439. The highest BCUT2D eigenvalue weighted by Crippen LogP contribution is 2.36. The fourth-order valence-electron chi connectivity index (χ4n) is 2.84. The van der Waals surface area contributed by atoms with Crippen molar-refractivity contribution >= 4 is 0 Å². The maximum atomic E-state index is 13.1. The standard InChI is InChI=1S/C15H21F3N2/c1-11(20(2)12-6-5-9-19-10-12)13-7-3-4-8-14(13)15(16,17)18/h3-4,7-8,11-12,19H,5-6,9-10H2,1-2H3. The van der Waals surface area contributed by atoms with Crippen molar-refractivity contribution in [1.82, 2.24) is 10.2 Å². The summed E-state index contributed by atoms with van der Waals surface area (Å²) in [6.45, 7) is 3.69. The maximum Gasteiger partial charge on any atom is 0.416 e. The third-order valence-electron chi connectivity index (χ3n) is 4.17. The van der Waals surface area contributed by atoms with Crippen LogP contribution in [-0.2, 0) is 6.18 Å². The van der Waals surface area contributed by atoms with Gasteiger partial charge in [-0.15, -0.1) is 0 Å². The second kappa shape index (κ2) is 6.14. The Labute approximate surface area is 118 Å². The highest BCUT2D eigenvalue weighted by atomic mass is 19.4. The number of alkyl halides is 3. The van der Waals surface area contributed by atoms with E-state index in [0.717, 1.165) is 25.9 Å². The van der Waals surface area contributed by atoms with Crippen LogP contribution in [0, 0.1) is 0 Å². The Morgan fingerprint density at radius 2 is 2.00 bits per heavy atom. The first-order valence-electron chi connectivity index (χ1n) is 7.00. The van der Waals surface area contributed by atoms with Gasteiger partial charge in [0.2, 0.25) is 0 Å². The van der Waals surface area contributed by atoms with Crippen LogP contribution in [0.5, 0.6) is 0 Å². The molecule has 2 unspecified atom stereocenters. The van der Waals surface area contributed by atoms with Crippen LogP contribution < -0.4 is 5.32 Å². The van der Waals surface area contributed by atoms with E-state index in [1.807, 2.05) is 14.0 Å². The van der Waals surface area contributed by atoms with E-state index >= 15 is 0 Å². The van der Waals surface area contributed by atoms with Gasteiger partial charge in [0.1, 0.15) is 0 Å². The summed E-state index contributed by atoms with van der Waals surface area (Å²) < 4.78 is 39.3. The molecule has 0 bridgehead atoms. The van der Waals surface area contributed by atoms with Gasteiger partial charge in [-0.1, -0.05) is 18.2 Å². The van der Waals surface area contributed by atoms with Crippen LogP contribution in [0.25, 0.3) is 0 Å². The molecule has 1 N–H and O–H groups in total. The minimum absolute atomic E-state index is 0.252. The predicted octanol–water partition coefficient (Wildman–Crippen LogP) is 3.45. The molecule has 0 amide bonds. The number of halogens is 3. The van der Waals surface area contributed by atoms with Gasteiger partial charge in [0.15, 0.2) is 0 Å². The molecule has 0 saturated carbocycles. The van der Waals surface area contributed by atoms with Gasteiger partial charge in [0.05, 0.1) is 5.56 Å². The van der Waals surface area contributed by atoms with Gasteiger partial charge in [0.25, 0.3) is 0 Å². The topological polar surface area (TPSA) is 15.3 Å². The van der Waals surface area contributed by atoms with Crippen molar-refractivity contribution in [2.45, 2.75) is 38.0 Å². The van der Waals surface area contributed by atoms with E-state index < -0.39 is 11.7 Å². The number of nitrogens with one attached hydrogen (secondary N) is 1. The van der Waals surface area contributed by atoms with Gasteiger partial charge in [0, 0.05) is 18.6 Å². The molecule has 0 aromatic heterocycles. The lowest BCUT2D eigenvalue weighted by Crippen LogP contribution is -2.45. The van der Waals surface area contributed by atoms with Crippen LogP contribution in [-0.4, -0.2) is 31.1 Å². The Balaban J connectivity index is 2.22. The van der Waals surface area contributed by atoms with Gasteiger partial charge in [-0.05, 0) is 45.0 Å². The third kappa shape index (κ3) is 3.33. The summed E-state index contributed by atoms with van der Waals surface area (Å²) in [5, 5.41) is 3.30. The summed E-state index contributed by atoms with van der Waals surface area (Å²) in [6, 6.07) is 5.91. The van der Waals surface area contributed by atoms with Gasteiger partial charge >= 0.3 is 6.18 Å². The number of benzene rings is 1. The van der Waals surface area contributed by atoms with E-state index in [2.05, 4.69) is 10.2 Å². The number of hydrogen-bond acceptors (Lipinski definition) is 2. The Morgan fingerprint density at radius 1 is 1.30 bits per heavy atom. The molecule has 1 heterocycles. The van der Waals surface area contributed by atoms with Gasteiger partial charge in [-0.2, -0.15) is 13.2 Å². The molecule has 5 heteroatoms. The first kappa shape index (κ1) is 15.3. The number of piperidine rings is 1. The lowest BCUT2D eigenvalue weighted by molar-refractivity contribution is -0.138. The van der Waals surface area contributed by atoms with Crippen molar-refractivity contribution in [3.05, 3.63) is 35.4 Å². The fourth-order valence-corrected chi connectivity index (χ4v) is 2.84. The summed E-state index contributed by atoms with van der Waals surface area (Å²) in [6.07, 6.45) is -2.19. The van der Waals surface area contributed by atoms with Gasteiger partial charge < -0.3 is 5.32 Å². The van der Waals surface area contributed by atoms with Crippen LogP contribution in [0.1, 0.15) is 36.9 Å². The zero-order valence-corrected chi connectivity index (χ0v) is 11.9. The number of likely N-dealkylation sites (N-methyl/N-ethyl adjacent to an activating group) is 1. The third-order valence-corrected chi connectivity index (χ3v) is 4.17. The minimum Gasteiger partial charge on any atom is -0.315 e. The number of rotatable bonds is 3. The highest BCUT2D eigenvalue weighted by Gasteiger charge is 2.35. The van der Waals surface area contributed by atoms with E-state index in [1.165, 1.54) is 12.1 Å².